The maximum atomic E-state index is 5.79. The predicted molar refractivity (Wildman–Crippen MR) is 158 cm³/mol. The van der Waals surface area contributed by atoms with Crippen molar-refractivity contribution in [3.05, 3.63) is 0 Å². The molecule has 0 unspecified atom stereocenters. The number of hydrogen-bond acceptors (Lipinski definition) is 8. The summed E-state index contributed by atoms with van der Waals surface area (Å²) in [5.74, 6) is 2.40. The fourth-order valence-corrected chi connectivity index (χ4v) is 14.4. The highest BCUT2D eigenvalue weighted by Gasteiger charge is 2.29. The van der Waals surface area contributed by atoms with Crippen LogP contribution in [0.1, 0.15) is 78.1 Å². The van der Waals surface area contributed by atoms with Gasteiger partial charge in [-0.1, -0.05) is 73.2 Å². The number of rotatable bonds is 25. The molecular weight excluding hydrogens is 513 g/mol. The quantitative estimate of drug-likeness (QED) is 0.0528. The van der Waals surface area contributed by atoms with Crippen molar-refractivity contribution < 1.29 is 18.9 Å². The summed E-state index contributed by atoms with van der Waals surface area (Å²) in [5.41, 5.74) is -0.474. The molecule has 194 valence electrons. The molecule has 0 amide bonds. The van der Waals surface area contributed by atoms with Crippen LogP contribution in [-0.4, -0.2) is 69.8 Å². The first-order valence-electron chi connectivity index (χ1n) is 12.4. The fraction of sp³-hybridized carbons (Fsp3) is 1.00. The van der Waals surface area contributed by atoms with Crippen LogP contribution in [0.25, 0.3) is 0 Å². The standard InChI is InChI=1S/C22H50O4S4Si2/c1-7-9-19-31-21(23-3,24-4)15-11-13-17-27-29-30-28-18-14-12-16-22(25-5,26-6)32-20-10-8-2/h7-20,31-32H2,1-6H3. The van der Waals surface area contributed by atoms with Crippen LogP contribution in [-0.2, 0) is 18.9 Å². The van der Waals surface area contributed by atoms with Crippen LogP contribution in [0.2, 0.25) is 12.1 Å². The Kier molecular flexibility index (Phi) is 24.3. The molecule has 0 aliphatic heterocycles. The summed E-state index contributed by atoms with van der Waals surface area (Å²) >= 11 is 0. The Hall–Kier alpha value is 1.67. The first kappa shape index (κ1) is 33.7. The van der Waals surface area contributed by atoms with Crippen LogP contribution in [0.3, 0.4) is 0 Å². The van der Waals surface area contributed by atoms with Gasteiger partial charge >= 0.3 is 0 Å². The minimum atomic E-state index is -0.346. The van der Waals surface area contributed by atoms with Gasteiger partial charge in [0.1, 0.15) is 10.8 Å². The van der Waals surface area contributed by atoms with Crippen LogP contribution < -0.4 is 0 Å². The molecule has 0 saturated heterocycles. The zero-order valence-corrected chi connectivity index (χ0v) is 27.7. The lowest BCUT2D eigenvalue weighted by Gasteiger charge is -2.31. The lowest BCUT2D eigenvalue weighted by Crippen LogP contribution is -2.40. The van der Waals surface area contributed by atoms with Gasteiger partial charge in [0.15, 0.2) is 0 Å². The SMILES string of the molecule is CCCC[SiH2]C(CCCCSSSSCCCCC(OC)(OC)[SiH2]CCCC)(OC)OC. The van der Waals surface area contributed by atoms with E-state index in [-0.39, 0.29) is 29.9 Å². The average molecular weight is 563 g/mol. The number of methoxy groups -OCH3 is 4. The summed E-state index contributed by atoms with van der Waals surface area (Å²) in [6.45, 7) is 4.51. The molecule has 0 aliphatic rings. The molecular formula is C22H50O4S4Si2. The van der Waals surface area contributed by atoms with Crippen molar-refractivity contribution in [1.29, 1.82) is 0 Å². The Morgan fingerprint density at radius 1 is 0.562 bits per heavy atom. The van der Waals surface area contributed by atoms with Crippen LogP contribution >= 0.6 is 41.2 Å². The van der Waals surface area contributed by atoms with Gasteiger partial charge < -0.3 is 18.9 Å². The number of unbranched alkanes of at least 4 members (excludes halogenated alkanes) is 4. The summed E-state index contributed by atoms with van der Waals surface area (Å²) in [6, 6.07) is 2.63. The minimum Gasteiger partial charge on any atom is -0.358 e. The van der Waals surface area contributed by atoms with Gasteiger partial charge in [-0.15, -0.1) is 0 Å². The van der Waals surface area contributed by atoms with Crippen molar-refractivity contribution >= 4 is 60.3 Å². The van der Waals surface area contributed by atoms with Gasteiger partial charge in [-0.05, 0) is 58.2 Å². The highest BCUT2D eigenvalue weighted by Crippen LogP contribution is 2.43. The maximum Gasteiger partial charge on any atom is 0.144 e. The molecule has 0 radical (unpaired) electrons. The second-order valence-electron chi connectivity index (χ2n) is 8.25. The second-order valence-corrected chi connectivity index (χ2v) is 19.1. The fourth-order valence-electron chi connectivity index (χ4n) is 3.74. The van der Waals surface area contributed by atoms with Crippen LogP contribution in [0.15, 0.2) is 0 Å². The molecule has 0 aromatic rings. The third-order valence-electron chi connectivity index (χ3n) is 6.01. The molecule has 0 rings (SSSR count). The maximum absolute atomic E-state index is 5.79. The Labute approximate surface area is 219 Å². The first-order chi connectivity index (χ1) is 15.6. The van der Waals surface area contributed by atoms with Crippen LogP contribution in [0.4, 0.5) is 0 Å². The molecule has 32 heavy (non-hydrogen) atoms. The summed E-state index contributed by atoms with van der Waals surface area (Å²) in [5, 5.41) is 0. The molecule has 0 bridgehead atoms. The molecule has 10 heteroatoms. The Bertz CT molecular complexity index is 368. The van der Waals surface area contributed by atoms with E-state index < -0.39 is 0 Å². The molecule has 0 spiro atoms. The summed E-state index contributed by atoms with van der Waals surface area (Å²) in [6.07, 6.45) is 12.1. The third kappa shape index (κ3) is 16.4. The van der Waals surface area contributed by atoms with Gasteiger partial charge in [0, 0.05) is 39.9 Å². The first-order valence-corrected chi connectivity index (χ1v) is 20.9. The van der Waals surface area contributed by atoms with E-state index in [1.165, 1.54) is 75.0 Å². The van der Waals surface area contributed by atoms with E-state index in [9.17, 15) is 0 Å². The molecule has 0 N–H and O–H groups in total. The molecule has 0 aromatic carbocycles. The second kappa shape index (κ2) is 23.1. The van der Waals surface area contributed by atoms with Crippen molar-refractivity contribution in [2.24, 2.45) is 0 Å². The molecule has 0 aromatic heterocycles. The smallest absolute Gasteiger partial charge is 0.144 e. The molecule has 4 nitrogen and oxygen atoms in total. The summed E-state index contributed by atoms with van der Waals surface area (Å²) in [4.78, 5) is 0. The Morgan fingerprint density at radius 3 is 1.25 bits per heavy atom. The van der Waals surface area contributed by atoms with Gasteiger partial charge in [-0.2, -0.15) is 0 Å². The number of hydrogen-bond donors (Lipinski definition) is 0. The summed E-state index contributed by atoms with van der Waals surface area (Å²) < 4.78 is 23.2. The average Bonchev–Trinajstić information content (AvgIpc) is 2.82. The van der Waals surface area contributed by atoms with Gasteiger partial charge in [0.05, 0.1) is 19.0 Å². The summed E-state index contributed by atoms with van der Waals surface area (Å²) in [7, 11) is 14.4. The van der Waals surface area contributed by atoms with Crippen molar-refractivity contribution in [1.82, 2.24) is 0 Å². The van der Waals surface area contributed by atoms with Crippen molar-refractivity contribution in [2.45, 2.75) is 101 Å². The van der Waals surface area contributed by atoms with Crippen molar-refractivity contribution in [3.63, 3.8) is 0 Å². The highest BCUT2D eigenvalue weighted by molar-refractivity contribution is 9.26. The molecule has 0 saturated carbocycles. The molecule has 0 fully saturated rings. The zero-order chi connectivity index (χ0) is 24.0. The largest absolute Gasteiger partial charge is 0.358 e. The predicted octanol–water partition coefficient (Wildman–Crippen LogP) is 6.67. The number of ether oxygens (including phenoxy) is 4. The normalized spacial score (nSPS) is 13.3. The van der Waals surface area contributed by atoms with E-state index >= 15 is 0 Å². The van der Waals surface area contributed by atoms with Crippen molar-refractivity contribution in [3.8, 4) is 0 Å². The van der Waals surface area contributed by atoms with E-state index in [0.29, 0.717) is 0 Å². The van der Waals surface area contributed by atoms with Gasteiger partial charge in [0.25, 0.3) is 0 Å². The lowest BCUT2D eigenvalue weighted by atomic mass is 10.2. The Morgan fingerprint density at radius 2 is 0.938 bits per heavy atom. The van der Waals surface area contributed by atoms with Crippen LogP contribution in [0.5, 0.6) is 0 Å². The Balaban J connectivity index is 3.73. The molecule has 0 aliphatic carbocycles. The third-order valence-corrected chi connectivity index (χ3v) is 17.7. The van der Waals surface area contributed by atoms with Gasteiger partial charge in [0.2, 0.25) is 0 Å². The van der Waals surface area contributed by atoms with Gasteiger partial charge in [-0.3, -0.25) is 0 Å². The topological polar surface area (TPSA) is 36.9 Å². The van der Waals surface area contributed by atoms with Gasteiger partial charge in [-0.25, -0.2) is 0 Å². The monoisotopic (exact) mass is 562 g/mol. The van der Waals surface area contributed by atoms with E-state index in [0.717, 1.165) is 12.8 Å². The molecule has 0 atom stereocenters. The molecule has 0 heterocycles. The van der Waals surface area contributed by atoms with Crippen molar-refractivity contribution in [2.75, 3.05) is 39.9 Å². The van der Waals surface area contributed by atoms with E-state index in [2.05, 4.69) is 13.8 Å². The minimum absolute atomic E-state index is 0.237. The zero-order valence-electron chi connectivity index (χ0n) is 21.6. The van der Waals surface area contributed by atoms with E-state index in [1.807, 2.05) is 69.7 Å². The lowest BCUT2D eigenvalue weighted by molar-refractivity contribution is -0.149. The van der Waals surface area contributed by atoms with Crippen LogP contribution in [0, 0.1) is 0 Å². The highest BCUT2D eigenvalue weighted by atomic mass is 33.7. The van der Waals surface area contributed by atoms with E-state index in [1.54, 1.807) is 0 Å². The van der Waals surface area contributed by atoms with E-state index in [4.69, 9.17) is 18.9 Å².